The second-order valence-corrected chi connectivity index (χ2v) is 4.20. The predicted molar refractivity (Wildman–Crippen MR) is 42.1 cm³/mol. The Labute approximate surface area is 94.6 Å². The first-order chi connectivity index (χ1) is 5.00. The van der Waals surface area contributed by atoms with Crippen LogP contribution in [0.15, 0.2) is 33.6 Å². The Bertz CT molecular complexity index is 346. The van der Waals surface area contributed by atoms with Gasteiger partial charge in [0.1, 0.15) is 10.1 Å². The minimum Gasteiger partial charge on any atom is -0.744 e. The molecule has 0 aliphatic carbocycles. The second kappa shape index (κ2) is 4.55. The molecule has 0 N–H and O–H groups in total. The molecule has 0 aromatic heterocycles. The van der Waals surface area contributed by atoms with E-state index in [1.165, 1.54) is 24.3 Å². The Morgan fingerprint density at radius 1 is 1.17 bits per heavy atom. The Morgan fingerprint density at radius 2 is 1.58 bits per heavy atom. The normalized spacial score (nSPS) is 10.5. The number of hydrogen-bond donors (Lipinski definition) is 0. The number of rotatable bonds is 1. The molecule has 0 atom stereocenters. The van der Waals surface area contributed by atoms with Crippen LogP contribution < -0.4 is 0 Å². The van der Waals surface area contributed by atoms with Crippen molar-refractivity contribution >= 4 is 26.0 Å². The van der Waals surface area contributed by atoms with Crippen LogP contribution in [0.25, 0.3) is 0 Å². The third-order valence-electron chi connectivity index (χ3n) is 1.10. The maximum atomic E-state index is 10.4. The van der Waals surface area contributed by atoms with Crippen molar-refractivity contribution in [2.45, 2.75) is 4.90 Å². The number of hydrogen-bond acceptors (Lipinski definition) is 3. The molecule has 1 aromatic rings. The van der Waals surface area contributed by atoms with E-state index in [2.05, 4.69) is 15.9 Å². The van der Waals surface area contributed by atoms with Crippen LogP contribution in [0.3, 0.4) is 0 Å². The minimum atomic E-state index is -4.29. The van der Waals surface area contributed by atoms with Crippen LogP contribution in [0.1, 0.15) is 0 Å². The van der Waals surface area contributed by atoms with Gasteiger partial charge in [-0.15, -0.1) is 0 Å². The molecule has 0 radical (unpaired) electrons. The van der Waals surface area contributed by atoms with Crippen molar-refractivity contribution in [3.8, 4) is 0 Å². The van der Waals surface area contributed by atoms with Crippen molar-refractivity contribution < 1.29 is 35.4 Å². The molecule has 6 heteroatoms. The van der Waals surface area contributed by atoms with E-state index in [4.69, 9.17) is 0 Å². The molecule has 3 nitrogen and oxygen atoms in total. The third kappa shape index (κ3) is 3.38. The van der Waals surface area contributed by atoms with Crippen LogP contribution in [0, 0.1) is 0 Å². The standard InChI is InChI=1S/C6H5BrO3S.Ag/c7-5-1-3-6(4-2-5)11(8,9)10;/h1-4H,(H,8,9,10);/q;+1/p-1. The van der Waals surface area contributed by atoms with Crippen molar-refractivity contribution in [1.82, 2.24) is 0 Å². The van der Waals surface area contributed by atoms with Gasteiger partial charge in [0.25, 0.3) is 0 Å². The van der Waals surface area contributed by atoms with E-state index in [1.807, 2.05) is 0 Å². The van der Waals surface area contributed by atoms with Gasteiger partial charge in [-0.2, -0.15) is 0 Å². The van der Waals surface area contributed by atoms with Crippen LogP contribution >= 0.6 is 15.9 Å². The monoisotopic (exact) mass is 342 g/mol. The van der Waals surface area contributed by atoms with Gasteiger partial charge >= 0.3 is 22.4 Å². The zero-order valence-electron chi connectivity index (χ0n) is 5.62. The van der Waals surface area contributed by atoms with Crippen molar-refractivity contribution in [3.05, 3.63) is 28.7 Å². The second-order valence-electron chi connectivity index (χ2n) is 1.91. The summed E-state index contributed by atoms with van der Waals surface area (Å²) in [5.74, 6) is 0. The van der Waals surface area contributed by atoms with Gasteiger partial charge in [-0.25, -0.2) is 8.42 Å². The van der Waals surface area contributed by atoms with E-state index in [9.17, 15) is 13.0 Å². The van der Waals surface area contributed by atoms with E-state index >= 15 is 0 Å². The molecule has 0 fully saturated rings. The molecule has 0 unspecified atom stereocenters. The average molecular weight is 344 g/mol. The predicted octanol–water partition coefficient (Wildman–Crippen LogP) is 1.35. The van der Waals surface area contributed by atoms with E-state index < -0.39 is 10.1 Å². The summed E-state index contributed by atoms with van der Waals surface area (Å²) in [6.45, 7) is 0. The average Bonchev–Trinajstić information content (AvgIpc) is 1.86. The van der Waals surface area contributed by atoms with Crippen LogP contribution in [0.5, 0.6) is 0 Å². The minimum absolute atomic E-state index is 0. The van der Waals surface area contributed by atoms with Gasteiger partial charge in [0.05, 0.1) is 4.90 Å². The van der Waals surface area contributed by atoms with E-state index in [-0.39, 0.29) is 27.3 Å². The summed E-state index contributed by atoms with van der Waals surface area (Å²) in [6, 6.07) is 5.52. The van der Waals surface area contributed by atoms with Crippen LogP contribution in [-0.2, 0) is 32.5 Å². The molecular formula is C6H4AgBrO3S. The fraction of sp³-hybridized carbons (Fsp3) is 0. The molecule has 0 saturated heterocycles. The Balaban J connectivity index is 0.00000121. The zero-order valence-corrected chi connectivity index (χ0v) is 9.51. The van der Waals surface area contributed by atoms with Gasteiger partial charge in [0.2, 0.25) is 0 Å². The van der Waals surface area contributed by atoms with Crippen molar-refractivity contribution in [3.63, 3.8) is 0 Å². The fourth-order valence-electron chi connectivity index (χ4n) is 0.601. The molecule has 1 aromatic carbocycles. The third-order valence-corrected chi connectivity index (χ3v) is 2.48. The summed E-state index contributed by atoms with van der Waals surface area (Å²) >= 11 is 3.12. The fourth-order valence-corrected chi connectivity index (χ4v) is 1.34. The van der Waals surface area contributed by atoms with Gasteiger partial charge in [-0.05, 0) is 24.3 Å². The van der Waals surface area contributed by atoms with Crippen molar-refractivity contribution in [1.29, 1.82) is 0 Å². The number of halogens is 1. The summed E-state index contributed by atoms with van der Waals surface area (Å²) in [5.41, 5.74) is 0. The molecule has 0 saturated carbocycles. The van der Waals surface area contributed by atoms with E-state index in [0.29, 0.717) is 0 Å². The maximum Gasteiger partial charge on any atom is 1.00 e. The summed E-state index contributed by atoms with van der Waals surface area (Å²) < 4.78 is 31.9. The molecule has 12 heavy (non-hydrogen) atoms. The van der Waals surface area contributed by atoms with Crippen LogP contribution in [0.4, 0.5) is 0 Å². The molecule has 0 amide bonds. The first-order valence-corrected chi connectivity index (χ1v) is 4.92. The maximum absolute atomic E-state index is 10.4. The number of benzene rings is 1. The van der Waals surface area contributed by atoms with Gasteiger partial charge in [-0.1, -0.05) is 15.9 Å². The molecule has 0 spiro atoms. The molecule has 0 heterocycles. The Hall–Kier alpha value is 0.350. The molecular weight excluding hydrogens is 340 g/mol. The molecule has 0 aliphatic heterocycles. The molecule has 1 rings (SSSR count). The van der Waals surface area contributed by atoms with Gasteiger partial charge in [0.15, 0.2) is 0 Å². The summed E-state index contributed by atoms with van der Waals surface area (Å²) in [6.07, 6.45) is 0. The topological polar surface area (TPSA) is 57.2 Å². The SMILES string of the molecule is O=S(=O)([O-])c1ccc(Br)cc1.[Ag+]. The molecule has 0 aliphatic rings. The van der Waals surface area contributed by atoms with Crippen molar-refractivity contribution in [2.24, 2.45) is 0 Å². The van der Waals surface area contributed by atoms with Crippen molar-refractivity contribution in [2.75, 3.05) is 0 Å². The summed E-state index contributed by atoms with van der Waals surface area (Å²) in [7, 11) is -4.29. The molecule has 70 valence electrons. The van der Waals surface area contributed by atoms with E-state index in [1.54, 1.807) is 0 Å². The summed E-state index contributed by atoms with van der Waals surface area (Å²) in [4.78, 5) is -0.208. The van der Waals surface area contributed by atoms with Crippen LogP contribution in [-0.4, -0.2) is 13.0 Å². The quantitative estimate of drug-likeness (QED) is 0.571. The molecule has 0 bridgehead atoms. The first-order valence-electron chi connectivity index (χ1n) is 2.71. The smallest absolute Gasteiger partial charge is 0.744 e. The van der Waals surface area contributed by atoms with Gasteiger partial charge < -0.3 is 4.55 Å². The summed E-state index contributed by atoms with van der Waals surface area (Å²) in [5, 5.41) is 0. The largest absolute Gasteiger partial charge is 1.00 e. The van der Waals surface area contributed by atoms with Gasteiger partial charge in [-0.3, -0.25) is 0 Å². The Morgan fingerprint density at radius 3 is 1.92 bits per heavy atom. The van der Waals surface area contributed by atoms with Crippen LogP contribution in [0.2, 0.25) is 0 Å². The van der Waals surface area contributed by atoms with Gasteiger partial charge in [0, 0.05) is 4.47 Å². The Kier molecular flexibility index (Phi) is 4.68. The zero-order chi connectivity index (χ0) is 8.48. The first kappa shape index (κ1) is 12.4. The van der Waals surface area contributed by atoms with E-state index in [0.717, 1.165) is 4.47 Å².